The molecule has 2 fully saturated rings. The van der Waals surface area contributed by atoms with E-state index in [1.54, 1.807) is 6.07 Å². The van der Waals surface area contributed by atoms with Gasteiger partial charge in [-0.15, -0.1) is 0 Å². The van der Waals surface area contributed by atoms with Crippen LogP contribution in [0.2, 0.25) is 0 Å². The minimum atomic E-state index is -0.840. The number of carboxylic acid groups (broad SMARTS) is 1. The van der Waals surface area contributed by atoms with Gasteiger partial charge in [0.25, 0.3) is 0 Å². The first kappa shape index (κ1) is 28.4. The van der Waals surface area contributed by atoms with Crippen molar-refractivity contribution in [3.05, 3.63) is 107 Å². The van der Waals surface area contributed by atoms with Crippen molar-refractivity contribution in [3.63, 3.8) is 0 Å². The molecule has 0 bridgehead atoms. The normalized spacial score (nSPS) is 22.3. The molecular weight excluding hydrogens is 510 g/mol. The number of aliphatic hydroxyl groups is 1. The number of benzene rings is 3. The fourth-order valence-corrected chi connectivity index (χ4v) is 6.57. The zero-order valence-corrected chi connectivity index (χ0v) is 22.8. The second kappa shape index (κ2) is 12.6. The molecule has 0 saturated carbocycles. The van der Waals surface area contributed by atoms with Crippen LogP contribution in [0.5, 0.6) is 0 Å². The molecule has 0 amide bonds. The van der Waals surface area contributed by atoms with E-state index in [1.807, 2.05) is 48.5 Å². The highest BCUT2D eigenvalue weighted by Gasteiger charge is 2.41. The minimum absolute atomic E-state index is 0.226. The molecule has 3 aromatic rings. The molecule has 0 radical (unpaired) electrons. The molecule has 7 heteroatoms. The van der Waals surface area contributed by atoms with Crippen molar-refractivity contribution in [1.29, 1.82) is 0 Å². The topological polar surface area (TPSA) is 64.0 Å². The van der Waals surface area contributed by atoms with Gasteiger partial charge in [-0.2, -0.15) is 0 Å². The number of hydrogen-bond acceptors (Lipinski definition) is 4. The van der Waals surface area contributed by atoms with Crippen LogP contribution in [0.3, 0.4) is 0 Å². The van der Waals surface area contributed by atoms with Crippen LogP contribution in [0.15, 0.2) is 78.9 Å². The number of aliphatic carboxylic acids is 1. The van der Waals surface area contributed by atoms with E-state index in [0.29, 0.717) is 45.2 Å². The number of carbonyl (C=O) groups is 1. The smallest absolute Gasteiger partial charge is 0.325 e. The Labute approximate surface area is 235 Å². The SMILES string of the molecule is O=C(O)C(c1ccccc1)N1C[C@H](CN2CCC(O)(CCCc3ccc(F)c(F)c3)CC2)[C@@H](c2ccccc2)C1. The standard InChI is InChI=1S/C33H38F2N2O3/c34-29-14-13-24(20-30(29)35)8-7-15-33(40)16-18-36(19-17-33)21-27-22-37(23-28(27)25-9-3-1-4-10-25)31(32(38)39)26-11-5-2-6-12-26/h1-6,9-14,20,27-28,31,40H,7-8,15-19,21-23H2,(H,38,39)/t27-,28+,31?/m0/s1. The summed E-state index contributed by atoms with van der Waals surface area (Å²) in [4.78, 5) is 16.9. The highest BCUT2D eigenvalue weighted by Crippen LogP contribution is 2.39. The van der Waals surface area contributed by atoms with Crippen LogP contribution in [0.1, 0.15) is 54.3 Å². The Morgan fingerprint density at radius 2 is 1.60 bits per heavy atom. The fraction of sp³-hybridized carbons (Fsp3) is 0.424. The lowest BCUT2D eigenvalue weighted by Gasteiger charge is -2.40. The molecule has 0 aromatic heterocycles. The van der Waals surface area contributed by atoms with Gasteiger partial charge in [-0.05, 0) is 66.8 Å². The van der Waals surface area contributed by atoms with Crippen LogP contribution in [0.4, 0.5) is 8.78 Å². The van der Waals surface area contributed by atoms with Crippen molar-refractivity contribution in [2.24, 2.45) is 5.92 Å². The van der Waals surface area contributed by atoms with Crippen LogP contribution >= 0.6 is 0 Å². The van der Waals surface area contributed by atoms with Crippen molar-refractivity contribution in [2.75, 3.05) is 32.7 Å². The number of piperidine rings is 1. The molecule has 5 rings (SSSR count). The second-order valence-electron chi connectivity index (χ2n) is 11.5. The molecule has 40 heavy (non-hydrogen) atoms. The van der Waals surface area contributed by atoms with Crippen molar-refractivity contribution in [3.8, 4) is 0 Å². The van der Waals surface area contributed by atoms with E-state index >= 15 is 0 Å². The van der Waals surface area contributed by atoms with Crippen LogP contribution < -0.4 is 0 Å². The van der Waals surface area contributed by atoms with Crippen molar-refractivity contribution < 1.29 is 23.8 Å². The number of halogens is 2. The average molecular weight is 549 g/mol. The van der Waals surface area contributed by atoms with Gasteiger partial charge in [-0.3, -0.25) is 9.69 Å². The van der Waals surface area contributed by atoms with E-state index in [1.165, 1.54) is 11.6 Å². The second-order valence-corrected chi connectivity index (χ2v) is 11.5. The van der Waals surface area contributed by atoms with E-state index in [9.17, 15) is 23.8 Å². The van der Waals surface area contributed by atoms with Crippen LogP contribution in [-0.2, 0) is 11.2 Å². The molecule has 3 aromatic carbocycles. The molecule has 2 heterocycles. The van der Waals surface area contributed by atoms with Gasteiger partial charge < -0.3 is 15.1 Å². The molecule has 2 N–H and O–H groups in total. The molecule has 3 atom stereocenters. The van der Waals surface area contributed by atoms with Crippen molar-refractivity contribution >= 4 is 5.97 Å². The van der Waals surface area contributed by atoms with Crippen LogP contribution in [0, 0.1) is 17.6 Å². The van der Waals surface area contributed by atoms with E-state index < -0.39 is 29.2 Å². The summed E-state index contributed by atoms with van der Waals surface area (Å²) in [5, 5.41) is 21.4. The maximum absolute atomic E-state index is 13.5. The van der Waals surface area contributed by atoms with Gasteiger partial charge in [-0.1, -0.05) is 66.7 Å². The monoisotopic (exact) mass is 548 g/mol. The maximum Gasteiger partial charge on any atom is 0.325 e. The van der Waals surface area contributed by atoms with E-state index in [4.69, 9.17) is 0 Å². The molecular formula is C33H38F2N2O3. The molecule has 2 aliphatic heterocycles. The number of rotatable bonds is 10. The summed E-state index contributed by atoms with van der Waals surface area (Å²) in [6.45, 7) is 3.78. The summed E-state index contributed by atoms with van der Waals surface area (Å²) in [6.07, 6.45) is 3.27. The molecule has 2 aliphatic rings. The van der Waals surface area contributed by atoms with Crippen molar-refractivity contribution in [2.45, 2.75) is 49.7 Å². The van der Waals surface area contributed by atoms with E-state index in [2.05, 4.69) is 21.9 Å². The fourth-order valence-electron chi connectivity index (χ4n) is 6.57. The zero-order chi connectivity index (χ0) is 28.1. The lowest BCUT2D eigenvalue weighted by atomic mass is 9.84. The highest BCUT2D eigenvalue weighted by atomic mass is 19.2. The minimum Gasteiger partial charge on any atom is -0.480 e. The number of nitrogens with zero attached hydrogens (tertiary/aromatic N) is 2. The van der Waals surface area contributed by atoms with Gasteiger partial charge >= 0.3 is 5.97 Å². The third-order valence-corrected chi connectivity index (χ3v) is 8.78. The van der Waals surface area contributed by atoms with Gasteiger partial charge in [0.05, 0.1) is 5.60 Å². The van der Waals surface area contributed by atoms with E-state index in [-0.39, 0.29) is 11.8 Å². The molecule has 2 saturated heterocycles. The van der Waals surface area contributed by atoms with Crippen LogP contribution in [-0.4, -0.2) is 64.3 Å². The van der Waals surface area contributed by atoms with Gasteiger partial charge in [0.1, 0.15) is 6.04 Å². The highest BCUT2D eigenvalue weighted by molar-refractivity contribution is 5.75. The Morgan fingerprint density at radius 3 is 2.25 bits per heavy atom. The Morgan fingerprint density at radius 1 is 0.925 bits per heavy atom. The number of hydrogen-bond donors (Lipinski definition) is 2. The van der Waals surface area contributed by atoms with Crippen molar-refractivity contribution in [1.82, 2.24) is 9.80 Å². The summed E-state index contributed by atoms with van der Waals surface area (Å²) in [5.74, 6) is -2.00. The largest absolute Gasteiger partial charge is 0.480 e. The van der Waals surface area contributed by atoms with E-state index in [0.717, 1.165) is 36.8 Å². The Hall–Kier alpha value is -3.13. The predicted molar refractivity (Wildman–Crippen MR) is 151 cm³/mol. The lowest BCUT2D eigenvalue weighted by molar-refractivity contribution is -0.143. The number of carboxylic acids is 1. The van der Waals surface area contributed by atoms with Gasteiger partial charge in [0.15, 0.2) is 11.6 Å². The number of aryl methyl sites for hydroxylation is 1. The summed E-state index contributed by atoms with van der Waals surface area (Å²) in [6, 6.07) is 23.2. The van der Waals surface area contributed by atoms with Gasteiger partial charge in [0, 0.05) is 38.6 Å². The zero-order valence-electron chi connectivity index (χ0n) is 22.8. The summed E-state index contributed by atoms with van der Waals surface area (Å²) in [7, 11) is 0. The third-order valence-electron chi connectivity index (χ3n) is 8.78. The summed E-state index contributed by atoms with van der Waals surface area (Å²) < 4.78 is 26.7. The third kappa shape index (κ3) is 6.77. The Balaban J connectivity index is 1.20. The van der Waals surface area contributed by atoms with Gasteiger partial charge in [-0.25, -0.2) is 8.78 Å². The molecule has 1 unspecified atom stereocenters. The predicted octanol–water partition coefficient (Wildman–Crippen LogP) is 5.66. The Kier molecular flexibility index (Phi) is 8.94. The molecule has 212 valence electrons. The van der Waals surface area contributed by atoms with Crippen LogP contribution in [0.25, 0.3) is 0 Å². The summed E-state index contributed by atoms with van der Waals surface area (Å²) >= 11 is 0. The summed E-state index contributed by atoms with van der Waals surface area (Å²) in [5.41, 5.74) is 2.02. The first-order valence-electron chi connectivity index (χ1n) is 14.3. The number of likely N-dealkylation sites (tertiary alicyclic amines) is 2. The lowest BCUT2D eigenvalue weighted by Crippen LogP contribution is -2.46. The molecule has 0 spiro atoms. The average Bonchev–Trinajstić information content (AvgIpc) is 3.36. The quantitative estimate of drug-likeness (QED) is 0.343. The first-order valence-corrected chi connectivity index (χ1v) is 14.3. The van der Waals surface area contributed by atoms with Gasteiger partial charge in [0.2, 0.25) is 0 Å². The Bertz CT molecular complexity index is 1270. The molecule has 0 aliphatic carbocycles. The maximum atomic E-state index is 13.5. The first-order chi connectivity index (χ1) is 19.3. The molecule has 5 nitrogen and oxygen atoms in total.